The Hall–Kier alpha value is -3.41. The van der Waals surface area contributed by atoms with Crippen molar-refractivity contribution in [2.24, 2.45) is 7.05 Å². The number of halogens is 1. The first-order valence-corrected chi connectivity index (χ1v) is 9.45. The van der Waals surface area contributed by atoms with Crippen molar-refractivity contribution in [3.8, 4) is 11.5 Å². The van der Waals surface area contributed by atoms with Crippen molar-refractivity contribution in [2.45, 2.75) is 26.8 Å². The van der Waals surface area contributed by atoms with Crippen molar-refractivity contribution in [1.82, 2.24) is 14.9 Å². The monoisotopic (exact) mass is 391 g/mol. The van der Waals surface area contributed by atoms with Crippen LogP contribution in [-0.2, 0) is 24.8 Å². The van der Waals surface area contributed by atoms with E-state index in [1.54, 1.807) is 25.1 Å². The van der Waals surface area contributed by atoms with Gasteiger partial charge in [0.05, 0.1) is 17.7 Å². The van der Waals surface area contributed by atoms with Crippen molar-refractivity contribution in [3.05, 3.63) is 77.1 Å². The van der Waals surface area contributed by atoms with Gasteiger partial charge in [0.1, 0.15) is 11.6 Å². The summed E-state index contributed by atoms with van der Waals surface area (Å²) >= 11 is 0. The van der Waals surface area contributed by atoms with Crippen LogP contribution in [0.4, 0.5) is 4.39 Å². The van der Waals surface area contributed by atoms with E-state index >= 15 is 0 Å². The van der Waals surface area contributed by atoms with E-state index in [2.05, 4.69) is 40.0 Å². The van der Waals surface area contributed by atoms with Crippen LogP contribution in [0.25, 0.3) is 22.4 Å². The molecule has 148 valence electrons. The number of benzene rings is 2. The Balaban J connectivity index is 1.43. The summed E-state index contributed by atoms with van der Waals surface area (Å²) in [5, 5.41) is 4.07. The molecule has 0 fully saturated rings. The Bertz CT molecular complexity index is 1210. The zero-order chi connectivity index (χ0) is 20.5. The summed E-state index contributed by atoms with van der Waals surface area (Å²) in [6.07, 6.45) is 0.0798. The molecule has 1 N–H and O–H groups in total. The summed E-state index contributed by atoms with van der Waals surface area (Å²) in [5.74, 6) is 0.134. The maximum Gasteiger partial charge on any atom is 0.229 e. The van der Waals surface area contributed by atoms with Crippen LogP contribution in [0.1, 0.15) is 22.7 Å². The zero-order valence-electron chi connectivity index (χ0n) is 16.6. The molecular formula is C23H22FN3O2. The average molecular weight is 391 g/mol. The highest BCUT2D eigenvalue weighted by Crippen LogP contribution is 2.24. The van der Waals surface area contributed by atoms with Crippen molar-refractivity contribution >= 4 is 16.8 Å². The molecule has 6 heteroatoms. The van der Waals surface area contributed by atoms with E-state index in [9.17, 15) is 9.18 Å². The highest BCUT2D eigenvalue weighted by atomic mass is 19.1. The molecule has 0 saturated carbocycles. The molecule has 2 aromatic carbocycles. The third-order valence-corrected chi connectivity index (χ3v) is 5.16. The standard InChI is InChI=1S/C23H22FN3O2/c1-14-10-17-11-16(8-9-21(17)27(14)3)13-25-22(28)12-20-15(2)29-23(26-20)18-6-4-5-7-19(18)24/h4-11H,12-13H2,1-3H3,(H,25,28). The lowest BCUT2D eigenvalue weighted by Crippen LogP contribution is -2.24. The number of nitrogens with zero attached hydrogens (tertiary/aromatic N) is 2. The summed E-state index contributed by atoms with van der Waals surface area (Å²) in [4.78, 5) is 16.7. The fourth-order valence-electron chi connectivity index (χ4n) is 3.40. The molecule has 0 spiro atoms. The Morgan fingerprint density at radius 3 is 2.76 bits per heavy atom. The minimum Gasteiger partial charge on any atom is -0.441 e. The van der Waals surface area contributed by atoms with Crippen LogP contribution in [0.3, 0.4) is 0 Å². The lowest BCUT2D eigenvalue weighted by atomic mass is 10.1. The molecule has 0 aliphatic rings. The minimum atomic E-state index is -0.406. The van der Waals surface area contributed by atoms with Crippen LogP contribution >= 0.6 is 0 Å². The number of carbonyl (C=O) groups is 1. The van der Waals surface area contributed by atoms with Gasteiger partial charge in [0.15, 0.2) is 0 Å². The van der Waals surface area contributed by atoms with Crippen molar-refractivity contribution in [3.63, 3.8) is 0 Å². The first-order chi connectivity index (χ1) is 13.9. The summed E-state index contributed by atoms with van der Waals surface area (Å²) in [7, 11) is 2.04. The molecule has 2 aromatic heterocycles. The Morgan fingerprint density at radius 1 is 1.17 bits per heavy atom. The second-order valence-electron chi connectivity index (χ2n) is 7.19. The number of aromatic nitrogens is 2. The van der Waals surface area contributed by atoms with E-state index in [0.29, 0.717) is 18.0 Å². The van der Waals surface area contributed by atoms with Gasteiger partial charge in [-0.15, -0.1) is 0 Å². The van der Waals surface area contributed by atoms with Crippen molar-refractivity contribution in [1.29, 1.82) is 0 Å². The number of carbonyl (C=O) groups excluding carboxylic acids is 1. The number of nitrogens with one attached hydrogen (secondary N) is 1. The summed E-state index contributed by atoms with van der Waals surface area (Å²) < 4.78 is 21.7. The largest absolute Gasteiger partial charge is 0.441 e. The molecule has 0 atom stereocenters. The van der Waals surface area contributed by atoms with Gasteiger partial charge >= 0.3 is 0 Å². The van der Waals surface area contributed by atoms with Crippen LogP contribution in [0.2, 0.25) is 0 Å². The van der Waals surface area contributed by atoms with E-state index in [4.69, 9.17) is 4.42 Å². The van der Waals surface area contributed by atoms with Crippen LogP contribution < -0.4 is 5.32 Å². The number of fused-ring (bicyclic) bond motifs is 1. The number of aryl methyl sites for hydroxylation is 3. The minimum absolute atomic E-state index is 0.0798. The number of amides is 1. The molecule has 0 aliphatic carbocycles. The quantitative estimate of drug-likeness (QED) is 0.547. The number of hydrogen-bond donors (Lipinski definition) is 1. The third kappa shape index (κ3) is 3.78. The molecule has 0 radical (unpaired) electrons. The predicted octanol–water partition coefficient (Wildman–Crippen LogP) is 4.45. The summed E-state index contributed by atoms with van der Waals surface area (Å²) in [6, 6.07) is 14.6. The van der Waals surface area contributed by atoms with Crippen LogP contribution in [-0.4, -0.2) is 15.5 Å². The predicted molar refractivity (Wildman–Crippen MR) is 110 cm³/mol. The molecule has 4 rings (SSSR count). The van der Waals surface area contributed by atoms with Gasteiger partial charge in [-0.25, -0.2) is 9.37 Å². The maximum absolute atomic E-state index is 13.9. The SMILES string of the molecule is Cc1oc(-c2ccccc2F)nc1CC(=O)NCc1ccc2c(c1)cc(C)n2C. The molecule has 5 nitrogen and oxygen atoms in total. The van der Waals surface area contributed by atoms with E-state index < -0.39 is 5.82 Å². The molecule has 1 amide bonds. The highest BCUT2D eigenvalue weighted by Gasteiger charge is 2.16. The summed E-state index contributed by atoms with van der Waals surface area (Å²) in [5.41, 5.74) is 4.17. The van der Waals surface area contributed by atoms with Gasteiger partial charge in [-0.1, -0.05) is 18.2 Å². The van der Waals surface area contributed by atoms with Crippen molar-refractivity contribution < 1.29 is 13.6 Å². The van der Waals surface area contributed by atoms with E-state index in [1.165, 1.54) is 11.8 Å². The van der Waals surface area contributed by atoms with Gasteiger partial charge in [0.25, 0.3) is 0 Å². The van der Waals surface area contributed by atoms with Crippen LogP contribution in [0.15, 0.2) is 52.9 Å². The number of rotatable bonds is 5. The van der Waals surface area contributed by atoms with Gasteiger partial charge in [-0.2, -0.15) is 0 Å². The Labute approximate surface area is 168 Å². The molecule has 4 aromatic rings. The van der Waals surface area contributed by atoms with E-state index in [-0.39, 0.29) is 23.8 Å². The molecule has 0 aliphatic heterocycles. The Kier molecular flexibility index (Phi) is 4.92. The normalized spacial score (nSPS) is 11.2. The first-order valence-electron chi connectivity index (χ1n) is 9.45. The fourth-order valence-corrected chi connectivity index (χ4v) is 3.40. The fraction of sp³-hybridized carbons (Fsp3) is 0.217. The molecule has 2 heterocycles. The van der Waals surface area contributed by atoms with Gasteiger partial charge in [-0.05, 0) is 49.7 Å². The highest BCUT2D eigenvalue weighted by molar-refractivity contribution is 5.82. The first kappa shape index (κ1) is 18.9. The summed E-state index contributed by atoms with van der Waals surface area (Å²) in [6.45, 7) is 4.22. The molecule has 29 heavy (non-hydrogen) atoms. The number of hydrogen-bond acceptors (Lipinski definition) is 3. The smallest absolute Gasteiger partial charge is 0.229 e. The van der Waals surface area contributed by atoms with Crippen molar-refractivity contribution in [2.75, 3.05) is 0 Å². The van der Waals surface area contributed by atoms with E-state index in [1.807, 2.05) is 13.1 Å². The third-order valence-electron chi connectivity index (χ3n) is 5.16. The lowest BCUT2D eigenvalue weighted by molar-refractivity contribution is -0.120. The molecule has 0 bridgehead atoms. The van der Waals surface area contributed by atoms with Gasteiger partial charge < -0.3 is 14.3 Å². The molecule has 0 unspecified atom stereocenters. The molecule has 0 saturated heterocycles. The van der Waals surface area contributed by atoms with Gasteiger partial charge in [0.2, 0.25) is 11.8 Å². The maximum atomic E-state index is 13.9. The number of oxazole rings is 1. The Morgan fingerprint density at radius 2 is 1.97 bits per heavy atom. The van der Waals surface area contributed by atoms with E-state index in [0.717, 1.165) is 16.5 Å². The van der Waals surface area contributed by atoms with Gasteiger partial charge in [0, 0.05) is 30.2 Å². The van der Waals surface area contributed by atoms with Crippen LogP contribution in [0, 0.1) is 19.7 Å². The second kappa shape index (κ2) is 7.54. The zero-order valence-corrected chi connectivity index (χ0v) is 16.6. The average Bonchev–Trinajstić information content (AvgIpc) is 3.19. The van der Waals surface area contributed by atoms with Gasteiger partial charge in [-0.3, -0.25) is 4.79 Å². The topological polar surface area (TPSA) is 60.1 Å². The second-order valence-corrected chi connectivity index (χ2v) is 7.19. The molecular weight excluding hydrogens is 369 g/mol. The van der Waals surface area contributed by atoms with Crippen LogP contribution in [0.5, 0.6) is 0 Å². The lowest BCUT2D eigenvalue weighted by Gasteiger charge is -2.05.